The summed E-state index contributed by atoms with van der Waals surface area (Å²) in [4.78, 5) is 0. The lowest BCUT2D eigenvalue weighted by Gasteiger charge is -2.08. The molecule has 0 bridgehead atoms. The summed E-state index contributed by atoms with van der Waals surface area (Å²) in [6.45, 7) is 5.80. The number of hydrogen-bond donors (Lipinski definition) is 3. The lowest BCUT2D eigenvalue weighted by Crippen LogP contribution is -2.05. The molecule has 3 aliphatic heterocycles. The van der Waals surface area contributed by atoms with Crippen molar-refractivity contribution in [2.75, 3.05) is 39.6 Å². The highest BCUT2D eigenvalue weighted by molar-refractivity contribution is 5.44. The maximum absolute atomic E-state index is 9.46. The summed E-state index contributed by atoms with van der Waals surface area (Å²) in [6.07, 6.45) is 0.674. The highest BCUT2D eigenvalue weighted by Gasteiger charge is 2.25. The molecule has 3 N–H and O–H groups in total. The van der Waals surface area contributed by atoms with Crippen molar-refractivity contribution in [3.63, 3.8) is 0 Å². The first-order valence-corrected chi connectivity index (χ1v) is 12.1. The first-order chi connectivity index (χ1) is 18.0. The van der Waals surface area contributed by atoms with E-state index in [1.54, 1.807) is 48.5 Å². The van der Waals surface area contributed by atoms with E-state index in [0.717, 1.165) is 25.4 Å². The van der Waals surface area contributed by atoms with Crippen molar-refractivity contribution in [3.05, 3.63) is 72.3 Å². The minimum absolute atomic E-state index is 0.179. The molecule has 0 spiro atoms. The zero-order valence-corrected chi connectivity index (χ0v) is 20.6. The van der Waals surface area contributed by atoms with Crippen LogP contribution < -0.4 is 14.2 Å². The van der Waals surface area contributed by atoms with Crippen LogP contribution in [0.1, 0.15) is 5.56 Å². The normalized spacial score (nSPS) is 20.3. The van der Waals surface area contributed by atoms with Crippen molar-refractivity contribution in [1.82, 2.24) is 0 Å². The van der Waals surface area contributed by atoms with Gasteiger partial charge in [-0.1, -0.05) is 36.4 Å². The summed E-state index contributed by atoms with van der Waals surface area (Å²) in [7, 11) is 0. The van der Waals surface area contributed by atoms with Gasteiger partial charge in [0, 0.05) is 0 Å². The Balaban J connectivity index is 0.000000130. The van der Waals surface area contributed by atoms with Gasteiger partial charge in [0.15, 0.2) is 34.5 Å². The molecule has 3 fully saturated rings. The van der Waals surface area contributed by atoms with Crippen LogP contribution in [0.2, 0.25) is 0 Å². The molecule has 0 aliphatic carbocycles. The Labute approximate surface area is 215 Å². The number of benzene rings is 3. The minimum atomic E-state index is 0.179. The van der Waals surface area contributed by atoms with Gasteiger partial charge in [0.2, 0.25) is 0 Å². The molecule has 3 aromatic carbocycles. The van der Waals surface area contributed by atoms with Gasteiger partial charge in [0.05, 0.1) is 19.8 Å². The van der Waals surface area contributed by atoms with Gasteiger partial charge in [-0.05, 0) is 42.8 Å². The molecule has 0 aromatic heterocycles. The number of para-hydroxylation sites is 5. The van der Waals surface area contributed by atoms with Crippen LogP contribution in [0.3, 0.4) is 0 Å². The molecule has 3 saturated heterocycles. The van der Waals surface area contributed by atoms with Crippen LogP contribution in [0.4, 0.5) is 0 Å². The van der Waals surface area contributed by atoms with Crippen LogP contribution in [0.15, 0.2) is 66.7 Å². The molecule has 3 aliphatic rings. The van der Waals surface area contributed by atoms with Gasteiger partial charge in [-0.2, -0.15) is 0 Å². The number of phenols is 3. The predicted molar refractivity (Wildman–Crippen MR) is 135 cm³/mol. The quantitative estimate of drug-likeness (QED) is 0.367. The summed E-state index contributed by atoms with van der Waals surface area (Å²) >= 11 is 0. The fourth-order valence-corrected chi connectivity index (χ4v) is 3.02. The van der Waals surface area contributed by atoms with E-state index in [-0.39, 0.29) is 35.6 Å². The van der Waals surface area contributed by atoms with E-state index >= 15 is 0 Å². The number of aryl methyl sites for hydroxylation is 1. The molecule has 3 heterocycles. The number of epoxide rings is 3. The number of hydrogen-bond acceptors (Lipinski definition) is 9. The zero-order valence-electron chi connectivity index (χ0n) is 20.6. The van der Waals surface area contributed by atoms with Crippen LogP contribution in [0.25, 0.3) is 0 Å². The second-order valence-electron chi connectivity index (χ2n) is 8.66. The van der Waals surface area contributed by atoms with E-state index < -0.39 is 0 Å². The van der Waals surface area contributed by atoms with E-state index in [2.05, 4.69) is 0 Å². The predicted octanol–water partition coefficient (Wildman–Crippen LogP) is 3.82. The largest absolute Gasteiger partial charge is 0.504 e. The van der Waals surface area contributed by atoms with Gasteiger partial charge in [-0.15, -0.1) is 0 Å². The van der Waals surface area contributed by atoms with E-state index in [1.807, 2.05) is 25.1 Å². The summed E-state index contributed by atoms with van der Waals surface area (Å²) < 4.78 is 30.9. The van der Waals surface area contributed by atoms with E-state index in [1.165, 1.54) is 0 Å². The second kappa shape index (κ2) is 13.0. The summed E-state index contributed by atoms with van der Waals surface area (Å²) in [5.41, 5.74) is 0.945. The van der Waals surface area contributed by atoms with Gasteiger partial charge in [-0.25, -0.2) is 0 Å². The SMILES string of the molecule is Cc1cccc(O)c1OCC1CO1.Oc1ccccc1OCC1CO1.Oc1ccccc1OCC1CO1. The Kier molecular flexibility index (Phi) is 9.31. The van der Waals surface area contributed by atoms with Crippen LogP contribution in [0.5, 0.6) is 34.5 Å². The van der Waals surface area contributed by atoms with Crippen molar-refractivity contribution in [3.8, 4) is 34.5 Å². The number of ether oxygens (including phenoxy) is 6. The third-order valence-corrected chi connectivity index (χ3v) is 5.39. The molecule has 0 saturated carbocycles. The molecular formula is C28H32O9. The Hall–Kier alpha value is -3.66. The Bertz CT molecular complexity index is 1050. The molecule has 37 heavy (non-hydrogen) atoms. The Morgan fingerprint density at radius 3 is 1.41 bits per heavy atom. The van der Waals surface area contributed by atoms with Crippen LogP contribution in [-0.2, 0) is 14.2 Å². The molecule has 9 heteroatoms. The average Bonchev–Trinajstić information content (AvgIpc) is 3.75. The molecular weight excluding hydrogens is 480 g/mol. The monoisotopic (exact) mass is 512 g/mol. The van der Waals surface area contributed by atoms with Crippen molar-refractivity contribution in [1.29, 1.82) is 0 Å². The van der Waals surface area contributed by atoms with Gasteiger partial charge in [0.25, 0.3) is 0 Å². The molecule has 9 nitrogen and oxygen atoms in total. The maximum atomic E-state index is 9.46. The van der Waals surface area contributed by atoms with Gasteiger partial charge in [0.1, 0.15) is 38.1 Å². The highest BCUT2D eigenvalue weighted by Crippen LogP contribution is 2.30. The molecule has 6 rings (SSSR count). The molecule has 198 valence electrons. The summed E-state index contributed by atoms with van der Waals surface area (Å²) in [6, 6.07) is 19.2. The summed E-state index contributed by atoms with van der Waals surface area (Å²) in [5.74, 6) is 2.16. The standard InChI is InChI=1S/C10H12O3.2C9H10O3/c1-7-3-2-4-9(11)10(7)13-6-8-5-12-8;2*10-8-3-1-2-4-9(8)12-6-7-5-11-7/h2-4,8,11H,5-6H2,1H3;2*1-4,7,10H,5-6H2. The topological polar surface area (TPSA) is 126 Å². The number of phenolic OH excluding ortho intramolecular Hbond substituents is 3. The van der Waals surface area contributed by atoms with Gasteiger partial charge in [-0.3, -0.25) is 0 Å². The summed E-state index contributed by atoms with van der Waals surface area (Å²) in [5, 5.41) is 28.0. The van der Waals surface area contributed by atoms with E-state index in [4.69, 9.17) is 28.4 Å². The van der Waals surface area contributed by atoms with Crippen LogP contribution in [0, 0.1) is 6.92 Å². The number of aromatic hydroxyl groups is 3. The Morgan fingerprint density at radius 2 is 1.00 bits per heavy atom. The fraction of sp³-hybridized carbons (Fsp3) is 0.357. The Morgan fingerprint density at radius 1 is 0.595 bits per heavy atom. The number of rotatable bonds is 9. The van der Waals surface area contributed by atoms with Gasteiger partial charge >= 0.3 is 0 Å². The molecule has 3 atom stereocenters. The molecule has 0 amide bonds. The van der Waals surface area contributed by atoms with E-state index in [9.17, 15) is 15.3 Å². The first kappa shape index (κ1) is 26.4. The third kappa shape index (κ3) is 9.38. The maximum Gasteiger partial charge on any atom is 0.163 e. The average molecular weight is 513 g/mol. The molecule has 0 radical (unpaired) electrons. The van der Waals surface area contributed by atoms with Crippen molar-refractivity contribution >= 4 is 0 Å². The smallest absolute Gasteiger partial charge is 0.163 e. The lowest BCUT2D eigenvalue weighted by atomic mass is 10.2. The van der Waals surface area contributed by atoms with Crippen molar-refractivity contribution < 1.29 is 43.7 Å². The fourth-order valence-electron chi connectivity index (χ4n) is 3.02. The first-order valence-electron chi connectivity index (χ1n) is 12.1. The van der Waals surface area contributed by atoms with E-state index in [0.29, 0.717) is 37.1 Å². The molecule has 3 aromatic rings. The highest BCUT2D eigenvalue weighted by atomic mass is 16.6. The van der Waals surface area contributed by atoms with Gasteiger partial charge < -0.3 is 43.7 Å². The zero-order chi connectivity index (χ0) is 26.0. The minimum Gasteiger partial charge on any atom is -0.504 e. The third-order valence-electron chi connectivity index (χ3n) is 5.39. The van der Waals surface area contributed by atoms with Crippen molar-refractivity contribution in [2.24, 2.45) is 0 Å². The van der Waals surface area contributed by atoms with Crippen LogP contribution >= 0.6 is 0 Å². The second-order valence-corrected chi connectivity index (χ2v) is 8.66. The van der Waals surface area contributed by atoms with Crippen molar-refractivity contribution in [2.45, 2.75) is 25.2 Å². The molecule has 3 unspecified atom stereocenters. The lowest BCUT2D eigenvalue weighted by molar-refractivity contribution is 0.252. The van der Waals surface area contributed by atoms with Crippen LogP contribution in [-0.4, -0.2) is 73.3 Å².